The number of carbonyl (C=O) groups excluding carboxylic acids is 1. The number of hydrogen-bond donors (Lipinski definition) is 0. The van der Waals surface area contributed by atoms with E-state index in [0.29, 0.717) is 32.5 Å². The standard InChI is InChI=1S/C16H23FN4O2/c1-23-9-8-21-11-18-14-12(21)2-5-19-6-7-20(10-13(14)19)15(22)16(17)3-4-16/h11,13H,2-10H2,1H3. The largest absolute Gasteiger partial charge is 0.383 e. The van der Waals surface area contributed by atoms with Gasteiger partial charge in [-0.2, -0.15) is 0 Å². The van der Waals surface area contributed by atoms with Crippen LogP contribution in [-0.2, 0) is 22.5 Å². The second kappa shape index (κ2) is 5.56. The molecule has 3 heterocycles. The number of hydrogen-bond acceptors (Lipinski definition) is 4. The van der Waals surface area contributed by atoms with Gasteiger partial charge in [0, 0.05) is 51.9 Å². The average molecular weight is 322 g/mol. The number of fused-ring (bicyclic) bond motifs is 3. The number of rotatable bonds is 4. The molecule has 1 aliphatic carbocycles. The first-order valence-corrected chi connectivity index (χ1v) is 8.37. The van der Waals surface area contributed by atoms with Crippen molar-refractivity contribution in [2.75, 3.05) is 39.9 Å². The van der Waals surface area contributed by atoms with E-state index in [0.717, 1.165) is 31.7 Å². The van der Waals surface area contributed by atoms with Crippen molar-refractivity contribution in [3.8, 4) is 0 Å². The van der Waals surface area contributed by atoms with E-state index in [1.54, 1.807) is 12.0 Å². The lowest BCUT2D eigenvalue weighted by molar-refractivity contribution is -0.141. The molecular weight excluding hydrogens is 299 g/mol. The Morgan fingerprint density at radius 3 is 3.00 bits per heavy atom. The van der Waals surface area contributed by atoms with Crippen LogP contribution in [0, 0.1) is 0 Å². The number of amides is 1. The zero-order valence-electron chi connectivity index (χ0n) is 13.5. The molecule has 1 saturated carbocycles. The lowest BCUT2D eigenvalue weighted by atomic mass is 9.99. The summed E-state index contributed by atoms with van der Waals surface area (Å²) in [6.07, 6.45) is 3.60. The highest BCUT2D eigenvalue weighted by Crippen LogP contribution is 2.42. The minimum atomic E-state index is -1.57. The fourth-order valence-corrected chi connectivity index (χ4v) is 3.74. The monoisotopic (exact) mass is 322 g/mol. The maximum Gasteiger partial charge on any atom is 0.260 e. The number of methoxy groups -OCH3 is 1. The zero-order valence-corrected chi connectivity index (χ0v) is 13.5. The van der Waals surface area contributed by atoms with Crippen molar-refractivity contribution >= 4 is 5.91 Å². The van der Waals surface area contributed by atoms with Crippen LogP contribution in [0.2, 0.25) is 0 Å². The highest BCUT2D eigenvalue weighted by Gasteiger charge is 2.53. The van der Waals surface area contributed by atoms with Gasteiger partial charge in [0.1, 0.15) is 0 Å². The molecule has 1 aromatic rings. The third-order valence-electron chi connectivity index (χ3n) is 5.32. The average Bonchev–Trinajstić information content (AvgIpc) is 3.19. The van der Waals surface area contributed by atoms with Crippen molar-refractivity contribution in [2.45, 2.75) is 37.5 Å². The highest BCUT2D eigenvalue weighted by atomic mass is 19.1. The first-order chi connectivity index (χ1) is 11.1. The molecule has 7 heteroatoms. The van der Waals surface area contributed by atoms with E-state index in [9.17, 15) is 9.18 Å². The van der Waals surface area contributed by atoms with Gasteiger partial charge in [-0.1, -0.05) is 0 Å². The third-order valence-corrected chi connectivity index (χ3v) is 5.32. The summed E-state index contributed by atoms with van der Waals surface area (Å²) in [5, 5.41) is 0. The van der Waals surface area contributed by atoms with Crippen molar-refractivity contribution in [3.05, 3.63) is 17.7 Å². The van der Waals surface area contributed by atoms with Crippen LogP contribution in [0.5, 0.6) is 0 Å². The van der Waals surface area contributed by atoms with Crippen molar-refractivity contribution in [1.82, 2.24) is 19.4 Å². The van der Waals surface area contributed by atoms with Gasteiger partial charge in [0.25, 0.3) is 5.91 Å². The number of aromatic nitrogens is 2. The number of nitrogens with zero attached hydrogens (tertiary/aromatic N) is 4. The van der Waals surface area contributed by atoms with Gasteiger partial charge in [-0.15, -0.1) is 0 Å². The summed E-state index contributed by atoms with van der Waals surface area (Å²) in [5.41, 5.74) is 0.713. The molecule has 2 fully saturated rings. The molecule has 2 aliphatic heterocycles. The maximum atomic E-state index is 14.1. The minimum absolute atomic E-state index is 0.0996. The van der Waals surface area contributed by atoms with E-state index in [1.165, 1.54) is 5.69 Å². The lowest BCUT2D eigenvalue weighted by Crippen LogP contribution is -2.54. The second-order valence-electron chi connectivity index (χ2n) is 6.78. The summed E-state index contributed by atoms with van der Waals surface area (Å²) in [5.74, 6) is -0.317. The predicted molar refractivity (Wildman–Crippen MR) is 81.8 cm³/mol. The minimum Gasteiger partial charge on any atom is -0.383 e. The highest BCUT2D eigenvalue weighted by molar-refractivity contribution is 5.88. The topological polar surface area (TPSA) is 50.6 Å². The molecule has 0 N–H and O–H groups in total. The Morgan fingerprint density at radius 2 is 2.26 bits per heavy atom. The van der Waals surface area contributed by atoms with Gasteiger partial charge in [0.05, 0.1) is 24.7 Å². The summed E-state index contributed by atoms with van der Waals surface area (Å²) in [7, 11) is 1.69. The van der Waals surface area contributed by atoms with Gasteiger partial charge < -0.3 is 14.2 Å². The van der Waals surface area contributed by atoms with Crippen molar-refractivity contribution < 1.29 is 13.9 Å². The quantitative estimate of drug-likeness (QED) is 0.822. The van der Waals surface area contributed by atoms with Crippen LogP contribution in [0.1, 0.15) is 30.3 Å². The van der Waals surface area contributed by atoms with Gasteiger partial charge in [-0.05, 0) is 12.8 Å². The van der Waals surface area contributed by atoms with Crippen molar-refractivity contribution in [2.24, 2.45) is 0 Å². The molecule has 1 amide bonds. The molecule has 1 unspecified atom stereocenters. The molecule has 0 radical (unpaired) electrons. The molecule has 1 saturated heterocycles. The maximum absolute atomic E-state index is 14.1. The summed E-state index contributed by atoms with van der Waals surface area (Å²) in [6, 6.07) is 0.0996. The molecule has 1 aromatic heterocycles. The Labute approximate surface area is 135 Å². The van der Waals surface area contributed by atoms with E-state index < -0.39 is 5.67 Å². The molecular formula is C16H23FN4O2. The normalized spacial score (nSPS) is 25.8. The molecule has 0 bridgehead atoms. The Morgan fingerprint density at radius 1 is 1.43 bits per heavy atom. The third kappa shape index (κ3) is 2.55. The van der Waals surface area contributed by atoms with E-state index >= 15 is 0 Å². The molecule has 1 atom stereocenters. The number of halogens is 1. The number of imidazole rings is 1. The van der Waals surface area contributed by atoms with Gasteiger partial charge in [0.15, 0.2) is 5.67 Å². The van der Waals surface area contributed by atoms with Crippen LogP contribution in [0.4, 0.5) is 4.39 Å². The molecule has 23 heavy (non-hydrogen) atoms. The lowest BCUT2D eigenvalue weighted by Gasteiger charge is -2.43. The van der Waals surface area contributed by atoms with Gasteiger partial charge in [-0.25, -0.2) is 9.37 Å². The van der Waals surface area contributed by atoms with Gasteiger partial charge in [-0.3, -0.25) is 9.69 Å². The smallest absolute Gasteiger partial charge is 0.260 e. The van der Waals surface area contributed by atoms with Crippen LogP contribution in [0.15, 0.2) is 6.33 Å². The number of carbonyl (C=O) groups is 1. The van der Waals surface area contributed by atoms with E-state index in [4.69, 9.17) is 4.74 Å². The molecule has 6 nitrogen and oxygen atoms in total. The summed E-state index contributed by atoms with van der Waals surface area (Å²) < 4.78 is 21.4. The number of alkyl halides is 1. The van der Waals surface area contributed by atoms with Crippen LogP contribution in [0.3, 0.4) is 0 Å². The number of piperazine rings is 1. The van der Waals surface area contributed by atoms with Crippen LogP contribution < -0.4 is 0 Å². The Bertz CT molecular complexity index is 613. The second-order valence-corrected chi connectivity index (χ2v) is 6.78. The Balaban J connectivity index is 1.53. The van der Waals surface area contributed by atoms with Crippen LogP contribution in [0.25, 0.3) is 0 Å². The fourth-order valence-electron chi connectivity index (χ4n) is 3.74. The van der Waals surface area contributed by atoms with Crippen LogP contribution >= 0.6 is 0 Å². The fraction of sp³-hybridized carbons (Fsp3) is 0.750. The molecule has 126 valence electrons. The molecule has 4 rings (SSSR count). The molecule has 0 aromatic carbocycles. The van der Waals surface area contributed by atoms with E-state index in [1.807, 2.05) is 6.33 Å². The Kier molecular flexibility index (Phi) is 3.65. The van der Waals surface area contributed by atoms with Crippen LogP contribution in [-0.4, -0.2) is 70.8 Å². The van der Waals surface area contributed by atoms with E-state index in [-0.39, 0.29) is 11.9 Å². The zero-order chi connectivity index (χ0) is 16.0. The first-order valence-electron chi connectivity index (χ1n) is 8.37. The molecule has 3 aliphatic rings. The van der Waals surface area contributed by atoms with E-state index in [2.05, 4.69) is 14.5 Å². The Hall–Kier alpha value is -1.47. The van der Waals surface area contributed by atoms with Gasteiger partial charge >= 0.3 is 0 Å². The number of ether oxygens (including phenoxy) is 1. The van der Waals surface area contributed by atoms with Gasteiger partial charge in [0.2, 0.25) is 0 Å². The van der Waals surface area contributed by atoms with Crippen molar-refractivity contribution in [1.29, 1.82) is 0 Å². The SMILES string of the molecule is COCCn1cnc2c1CCN1CCN(C(=O)C3(F)CC3)CC21. The van der Waals surface area contributed by atoms with Crippen molar-refractivity contribution in [3.63, 3.8) is 0 Å². The summed E-state index contributed by atoms with van der Waals surface area (Å²) >= 11 is 0. The summed E-state index contributed by atoms with van der Waals surface area (Å²) in [4.78, 5) is 21.0. The first kappa shape index (κ1) is 15.1. The molecule has 0 spiro atoms. The summed E-state index contributed by atoms with van der Waals surface area (Å²) in [6.45, 7) is 4.41. The predicted octanol–water partition coefficient (Wildman–Crippen LogP) is 0.773.